The number of esters is 1. The van der Waals surface area contributed by atoms with Crippen LogP contribution >= 0.6 is 15.9 Å². The fraction of sp³-hybridized carbons (Fsp3) is 0.235. The average Bonchev–Trinajstić information content (AvgIpc) is 2.49. The number of benzene rings is 2. The lowest BCUT2D eigenvalue weighted by molar-refractivity contribution is 0.0526. The van der Waals surface area contributed by atoms with E-state index in [-0.39, 0.29) is 5.97 Å². The third-order valence-corrected chi connectivity index (χ3v) is 4.00. The van der Waals surface area contributed by atoms with Crippen LogP contribution in [0.2, 0.25) is 0 Å². The van der Waals surface area contributed by atoms with E-state index in [2.05, 4.69) is 46.4 Å². The maximum Gasteiger partial charge on any atom is 0.338 e. The second-order valence-electron chi connectivity index (χ2n) is 4.73. The number of halogens is 1. The van der Waals surface area contributed by atoms with Gasteiger partial charge in [-0.2, -0.15) is 0 Å². The van der Waals surface area contributed by atoms with Gasteiger partial charge >= 0.3 is 5.97 Å². The van der Waals surface area contributed by atoms with Crippen LogP contribution in [0.4, 0.5) is 5.69 Å². The highest BCUT2D eigenvalue weighted by Gasteiger charge is 2.05. The number of carbonyl (C=O) groups excluding carboxylic acids is 1. The van der Waals surface area contributed by atoms with Crippen molar-refractivity contribution in [1.82, 2.24) is 0 Å². The van der Waals surface area contributed by atoms with Gasteiger partial charge in [0.2, 0.25) is 0 Å². The van der Waals surface area contributed by atoms with Crippen LogP contribution in [0, 0.1) is 6.92 Å². The van der Waals surface area contributed by atoms with E-state index < -0.39 is 0 Å². The average molecular weight is 348 g/mol. The summed E-state index contributed by atoms with van der Waals surface area (Å²) < 4.78 is 6.07. The SMILES string of the molecule is CCOC(=O)c1ccc(NCc2ccc(Br)c(C)c2)cc1. The number of aryl methyl sites for hydroxylation is 1. The molecule has 2 aromatic carbocycles. The zero-order valence-corrected chi connectivity index (χ0v) is 13.7. The van der Waals surface area contributed by atoms with Crippen LogP contribution in [0.25, 0.3) is 0 Å². The Morgan fingerprint density at radius 3 is 2.52 bits per heavy atom. The van der Waals surface area contributed by atoms with Gasteiger partial charge in [-0.25, -0.2) is 4.79 Å². The summed E-state index contributed by atoms with van der Waals surface area (Å²) in [6.07, 6.45) is 0. The molecule has 0 aromatic heterocycles. The normalized spacial score (nSPS) is 10.2. The number of hydrogen-bond donors (Lipinski definition) is 1. The summed E-state index contributed by atoms with van der Waals surface area (Å²) >= 11 is 3.50. The molecule has 0 radical (unpaired) electrons. The molecule has 0 saturated carbocycles. The van der Waals surface area contributed by atoms with Crippen LogP contribution in [0.5, 0.6) is 0 Å². The summed E-state index contributed by atoms with van der Waals surface area (Å²) in [6, 6.07) is 13.6. The second-order valence-corrected chi connectivity index (χ2v) is 5.59. The van der Waals surface area contributed by atoms with Crippen molar-refractivity contribution in [2.24, 2.45) is 0 Å². The molecule has 0 aliphatic heterocycles. The van der Waals surface area contributed by atoms with Crippen molar-refractivity contribution in [2.45, 2.75) is 20.4 Å². The van der Waals surface area contributed by atoms with E-state index in [1.54, 1.807) is 19.1 Å². The molecule has 0 bridgehead atoms. The molecule has 0 aliphatic carbocycles. The minimum Gasteiger partial charge on any atom is -0.462 e. The van der Waals surface area contributed by atoms with Crippen LogP contribution in [0.1, 0.15) is 28.4 Å². The van der Waals surface area contributed by atoms with Crippen molar-refractivity contribution >= 4 is 27.6 Å². The summed E-state index contributed by atoms with van der Waals surface area (Å²) in [6.45, 7) is 5.00. The van der Waals surface area contributed by atoms with E-state index in [9.17, 15) is 4.79 Å². The van der Waals surface area contributed by atoms with Gasteiger partial charge in [-0.1, -0.05) is 28.1 Å². The molecule has 4 heteroatoms. The maximum absolute atomic E-state index is 11.6. The van der Waals surface area contributed by atoms with Crippen molar-refractivity contribution in [3.05, 3.63) is 63.6 Å². The van der Waals surface area contributed by atoms with Crippen LogP contribution in [0.3, 0.4) is 0 Å². The Morgan fingerprint density at radius 2 is 1.90 bits per heavy atom. The van der Waals surface area contributed by atoms with Gasteiger partial charge in [-0.3, -0.25) is 0 Å². The first kappa shape index (κ1) is 15.6. The lowest BCUT2D eigenvalue weighted by Gasteiger charge is -2.09. The van der Waals surface area contributed by atoms with Crippen LogP contribution in [-0.4, -0.2) is 12.6 Å². The lowest BCUT2D eigenvalue weighted by atomic mass is 10.1. The van der Waals surface area contributed by atoms with E-state index in [0.717, 1.165) is 16.7 Å². The molecule has 0 aliphatic rings. The van der Waals surface area contributed by atoms with E-state index in [1.165, 1.54) is 11.1 Å². The van der Waals surface area contributed by atoms with E-state index in [4.69, 9.17) is 4.74 Å². The monoisotopic (exact) mass is 347 g/mol. The molecule has 0 saturated heterocycles. The first-order valence-corrected chi connectivity index (χ1v) is 7.65. The maximum atomic E-state index is 11.6. The fourth-order valence-corrected chi connectivity index (χ4v) is 2.21. The zero-order chi connectivity index (χ0) is 15.2. The molecule has 0 unspecified atom stereocenters. The molecular weight excluding hydrogens is 330 g/mol. The van der Waals surface area contributed by atoms with Crippen molar-refractivity contribution in [1.29, 1.82) is 0 Å². The summed E-state index contributed by atoms with van der Waals surface area (Å²) in [5.74, 6) is -0.285. The number of ether oxygens (including phenoxy) is 1. The zero-order valence-electron chi connectivity index (χ0n) is 12.2. The molecule has 110 valence electrons. The summed E-state index contributed by atoms with van der Waals surface area (Å²) in [4.78, 5) is 11.6. The van der Waals surface area contributed by atoms with Crippen LogP contribution in [0.15, 0.2) is 46.9 Å². The Kier molecular flexibility index (Phi) is 5.39. The number of rotatable bonds is 5. The van der Waals surface area contributed by atoms with E-state index in [1.807, 2.05) is 12.1 Å². The van der Waals surface area contributed by atoms with E-state index >= 15 is 0 Å². The summed E-state index contributed by atoms with van der Waals surface area (Å²) in [5, 5.41) is 3.34. The van der Waals surface area contributed by atoms with Crippen LogP contribution < -0.4 is 5.32 Å². The van der Waals surface area contributed by atoms with Gasteiger partial charge in [0, 0.05) is 16.7 Å². The molecule has 0 spiro atoms. The molecule has 2 rings (SSSR count). The topological polar surface area (TPSA) is 38.3 Å². The largest absolute Gasteiger partial charge is 0.462 e. The summed E-state index contributed by atoms with van der Waals surface area (Å²) in [5.41, 5.74) is 3.97. The predicted molar refractivity (Wildman–Crippen MR) is 88.6 cm³/mol. The molecular formula is C17H18BrNO2. The highest BCUT2D eigenvalue weighted by atomic mass is 79.9. The number of hydrogen-bond acceptors (Lipinski definition) is 3. The second kappa shape index (κ2) is 7.27. The molecule has 0 amide bonds. The van der Waals surface area contributed by atoms with Gasteiger partial charge in [0.15, 0.2) is 0 Å². The van der Waals surface area contributed by atoms with Gasteiger partial charge in [0.05, 0.1) is 12.2 Å². The van der Waals surface area contributed by atoms with E-state index in [0.29, 0.717) is 12.2 Å². The quantitative estimate of drug-likeness (QED) is 0.806. The van der Waals surface area contributed by atoms with Crippen molar-refractivity contribution in [2.75, 3.05) is 11.9 Å². The van der Waals surface area contributed by atoms with Gasteiger partial charge in [0.1, 0.15) is 0 Å². The van der Waals surface area contributed by atoms with Crippen molar-refractivity contribution in [3.8, 4) is 0 Å². The highest BCUT2D eigenvalue weighted by molar-refractivity contribution is 9.10. The molecule has 0 atom stereocenters. The van der Waals surface area contributed by atoms with Gasteiger partial charge in [-0.05, 0) is 55.3 Å². The number of carbonyl (C=O) groups is 1. The standard InChI is InChI=1S/C17H18BrNO2/c1-3-21-17(20)14-5-7-15(8-6-14)19-11-13-4-9-16(18)12(2)10-13/h4-10,19H,3,11H2,1-2H3. The minimum atomic E-state index is -0.285. The Bertz CT molecular complexity index is 623. The predicted octanol–water partition coefficient (Wildman–Crippen LogP) is 4.55. The van der Waals surface area contributed by atoms with Crippen molar-refractivity contribution in [3.63, 3.8) is 0 Å². The minimum absolute atomic E-state index is 0.285. The smallest absolute Gasteiger partial charge is 0.338 e. The molecule has 3 nitrogen and oxygen atoms in total. The van der Waals surface area contributed by atoms with Crippen LogP contribution in [-0.2, 0) is 11.3 Å². The molecule has 1 N–H and O–H groups in total. The molecule has 0 heterocycles. The number of anilines is 1. The Morgan fingerprint density at radius 1 is 1.19 bits per heavy atom. The van der Waals surface area contributed by atoms with Gasteiger partial charge in [0.25, 0.3) is 0 Å². The number of nitrogens with one attached hydrogen (secondary N) is 1. The van der Waals surface area contributed by atoms with Gasteiger partial charge in [-0.15, -0.1) is 0 Å². The first-order chi connectivity index (χ1) is 10.1. The highest BCUT2D eigenvalue weighted by Crippen LogP contribution is 2.18. The third-order valence-electron chi connectivity index (χ3n) is 3.12. The summed E-state index contributed by atoms with van der Waals surface area (Å²) in [7, 11) is 0. The Hall–Kier alpha value is -1.81. The fourth-order valence-electron chi connectivity index (χ4n) is 1.96. The Labute approximate surface area is 133 Å². The van der Waals surface area contributed by atoms with Gasteiger partial charge < -0.3 is 10.1 Å². The van der Waals surface area contributed by atoms with Crippen molar-refractivity contribution < 1.29 is 9.53 Å². The Balaban J connectivity index is 1.97. The molecule has 21 heavy (non-hydrogen) atoms. The third kappa shape index (κ3) is 4.33. The molecule has 0 fully saturated rings. The molecule has 2 aromatic rings. The first-order valence-electron chi connectivity index (χ1n) is 6.86. The lowest BCUT2D eigenvalue weighted by Crippen LogP contribution is -2.05.